The lowest BCUT2D eigenvalue weighted by atomic mass is 10.1. The lowest BCUT2D eigenvalue weighted by Crippen LogP contribution is -2.43. The Morgan fingerprint density at radius 3 is 2.79 bits per heavy atom. The van der Waals surface area contributed by atoms with Crippen LogP contribution in [0.2, 0.25) is 5.02 Å². The zero-order valence-corrected chi connectivity index (χ0v) is 16.4. The van der Waals surface area contributed by atoms with E-state index in [1.54, 1.807) is 21.7 Å². The van der Waals surface area contributed by atoms with Gasteiger partial charge in [0.15, 0.2) is 0 Å². The van der Waals surface area contributed by atoms with Crippen molar-refractivity contribution in [2.75, 3.05) is 16.8 Å². The van der Waals surface area contributed by atoms with Gasteiger partial charge < -0.3 is 10.2 Å². The van der Waals surface area contributed by atoms with Gasteiger partial charge >= 0.3 is 0 Å². The number of aryl methyl sites for hydroxylation is 1. The van der Waals surface area contributed by atoms with Crippen LogP contribution in [0.1, 0.15) is 39.4 Å². The molecule has 2 aromatic heterocycles. The number of pyridine rings is 1. The maximum absolute atomic E-state index is 13.3. The number of carbonyl (C=O) groups excluding carboxylic acids is 2. The summed E-state index contributed by atoms with van der Waals surface area (Å²) in [4.78, 5) is 31.3. The molecule has 0 saturated carbocycles. The van der Waals surface area contributed by atoms with E-state index in [-0.39, 0.29) is 28.9 Å². The molecule has 1 aliphatic heterocycles. The van der Waals surface area contributed by atoms with Crippen LogP contribution in [0.25, 0.3) is 0 Å². The van der Waals surface area contributed by atoms with Crippen molar-refractivity contribution in [3.63, 3.8) is 0 Å². The molecule has 0 bridgehead atoms. The van der Waals surface area contributed by atoms with Gasteiger partial charge in [-0.05, 0) is 37.6 Å². The number of hydrogen-bond acceptors (Lipinski definition) is 4. The Balaban J connectivity index is 1.69. The second kappa shape index (κ2) is 7.29. The SMILES string of the molecule is Cc1cc(N2C[C@H](C)n3ncc(C(=O)Nc4cncc(F)c4)c3C2=O)ccc1Cl. The lowest BCUT2D eigenvalue weighted by Gasteiger charge is -2.32. The molecule has 0 unspecified atom stereocenters. The molecule has 1 atom stereocenters. The van der Waals surface area contributed by atoms with E-state index in [9.17, 15) is 14.0 Å². The first-order valence-corrected chi connectivity index (χ1v) is 9.30. The van der Waals surface area contributed by atoms with Crippen molar-refractivity contribution in [2.24, 2.45) is 0 Å². The fourth-order valence-corrected chi connectivity index (χ4v) is 3.44. The van der Waals surface area contributed by atoms with Crippen LogP contribution in [0, 0.1) is 12.7 Å². The Kier molecular flexibility index (Phi) is 4.79. The van der Waals surface area contributed by atoms with Gasteiger partial charge in [-0.2, -0.15) is 5.10 Å². The molecule has 1 N–H and O–H groups in total. The van der Waals surface area contributed by atoms with Crippen LogP contribution in [0.15, 0.2) is 42.9 Å². The molecule has 29 heavy (non-hydrogen) atoms. The Bertz CT molecular complexity index is 1130. The highest BCUT2D eigenvalue weighted by Crippen LogP contribution is 2.30. The van der Waals surface area contributed by atoms with Crippen LogP contribution in [-0.2, 0) is 0 Å². The maximum atomic E-state index is 13.3. The van der Waals surface area contributed by atoms with E-state index >= 15 is 0 Å². The van der Waals surface area contributed by atoms with Gasteiger partial charge in [-0.25, -0.2) is 4.39 Å². The van der Waals surface area contributed by atoms with Crippen LogP contribution >= 0.6 is 11.6 Å². The van der Waals surface area contributed by atoms with Crippen molar-refractivity contribution < 1.29 is 14.0 Å². The Labute approximate surface area is 171 Å². The third-order valence-electron chi connectivity index (χ3n) is 4.77. The molecule has 9 heteroatoms. The Morgan fingerprint density at radius 2 is 2.07 bits per heavy atom. The summed E-state index contributed by atoms with van der Waals surface area (Å²) in [7, 11) is 0. The van der Waals surface area contributed by atoms with E-state index < -0.39 is 11.7 Å². The summed E-state index contributed by atoms with van der Waals surface area (Å²) in [5, 5.41) is 7.40. The highest BCUT2D eigenvalue weighted by atomic mass is 35.5. The largest absolute Gasteiger partial charge is 0.320 e. The van der Waals surface area contributed by atoms with Gasteiger partial charge in [-0.3, -0.25) is 19.3 Å². The van der Waals surface area contributed by atoms with Gasteiger partial charge in [0.05, 0.1) is 35.9 Å². The van der Waals surface area contributed by atoms with Gasteiger partial charge in [-0.1, -0.05) is 11.6 Å². The number of benzene rings is 1. The Hall–Kier alpha value is -3.26. The van der Waals surface area contributed by atoms with Crippen LogP contribution in [-0.4, -0.2) is 33.1 Å². The number of aromatic nitrogens is 3. The van der Waals surface area contributed by atoms with E-state index in [0.717, 1.165) is 17.8 Å². The number of nitrogens with zero attached hydrogens (tertiary/aromatic N) is 4. The van der Waals surface area contributed by atoms with Gasteiger partial charge in [0.2, 0.25) is 0 Å². The zero-order chi connectivity index (χ0) is 20.7. The number of nitrogens with one attached hydrogen (secondary N) is 1. The second-order valence-corrected chi connectivity index (χ2v) is 7.30. The number of rotatable bonds is 3. The van der Waals surface area contributed by atoms with Gasteiger partial charge in [-0.15, -0.1) is 0 Å². The molecular weight excluding hydrogens is 397 g/mol. The summed E-state index contributed by atoms with van der Waals surface area (Å²) in [6, 6.07) is 6.34. The molecule has 148 valence electrons. The topological polar surface area (TPSA) is 80.1 Å². The predicted octanol–water partition coefficient (Wildman–Crippen LogP) is 3.85. The quantitative estimate of drug-likeness (QED) is 0.707. The van der Waals surface area contributed by atoms with E-state index in [4.69, 9.17) is 11.6 Å². The molecule has 0 fully saturated rings. The monoisotopic (exact) mass is 413 g/mol. The summed E-state index contributed by atoms with van der Waals surface area (Å²) in [5.74, 6) is -1.48. The minimum absolute atomic E-state index is 0.112. The normalized spacial score (nSPS) is 15.9. The van der Waals surface area contributed by atoms with Gasteiger partial charge in [0.1, 0.15) is 11.5 Å². The number of halogens is 2. The molecule has 1 aromatic carbocycles. The summed E-state index contributed by atoms with van der Waals surface area (Å²) >= 11 is 6.10. The molecule has 0 aliphatic carbocycles. The van der Waals surface area contributed by atoms with Crippen molar-refractivity contribution >= 4 is 34.8 Å². The van der Waals surface area contributed by atoms with Crippen LogP contribution < -0.4 is 10.2 Å². The van der Waals surface area contributed by atoms with E-state index in [0.29, 0.717) is 17.3 Å². The van der Waals surface area contributed by atoms with Crippen LogP contribution in [0.3, 0.4) is 0 Å². The summed E-state index contributed by atoms with van der Waals surface area (Å²) in [6.07, 6.45) is 3.71. The number of carbonyl (C=O) groups is 2. The Morgan fingerprint density at radius 1 is 1.28 bits per heavy atom. The van der Waals surface area contributed by atoms with E-state index in [1.165, 1.54) is 12.4 Å². The van der Waals surface area contributed by atoms with Crippen LogP contribution in [0.4, 0.5) is 15.8 Å². The molecular formula is C20H17ClFN5O2. The van der Waals surface area contributed by atoms with Crippen molar-refractivity contribution in [2.45, 2.75) is 19.9 Å². The molecule has 0 radical (unpaired) electrons. The number of hydrogen-bond donors (Lipinski definition) is 1. The number of fused-ring (bicyclic) bond motifs is 1. The number of anilines is 2. The summed E-state index contributed by atoms with van der Waals surface area (Å²) < 4.78 is 14.9. The van der Waals surface area contributed by atoms with Gasteiger partial charge in [0, 0.05) is 23.3 Å². The zero-order valence-electron chi connectivity index (χ0n) is 15.7. The number of amides is 2. The third-order valence-corrected chi connectivity index (χ3v) is 5.19. The fourth-order valence-electron chi connectivity index (χ4n) is 3.33. The molecule has 0 spiro atoms. The molecule has 4 rings (SSSR count). The van der Waals surface area contributed by atoms with Crippen molar-refractivity contribution in [3.8, 4) is 0 Å². The summed E-state index contributed by atoms with van der Waals surface area (Å²) in [5.41, 5.74) is 2.02. The first-order valence-electron chi connectivity index (χ1n) is 8.92. The minimum atomic E-state index is -0.575. The molecule has 1 aliphatic rings. The highest BCUT2D eigenvalue weighted by molar-refractivity contribution is 6.31. The highest BCUT2D eigenvalue weighted by Gasteiger charge is 2.35. The maximum Gasteiger partial charge on any atom is 0.277 e. The molecule has 3 heterocycles. The van der Waals surface area contributed by atoms with Crippen molar-refractivity contribution in [1.29, 1.82) is 0 Å². The first kappa shape index (κ1) is 19.1. The molecule has 2 amide bonds. The molecule has 3 aromatic rings. The van der Waals surface area contributed by atoms with Crippen LogP contribution in [0.5, 0.6) is 0 Å². The van der Waals surface area contributed by atoms with Crippen molar-refractivity contribution in [3.05, 3.63) is 70.5 Å². The second-order valence-electron chi connectivity index (χ2n) is 6.90. The van der Waals surface area contributed by atoms with Gasteiger partial charge in [0.25, 0.3) is 11.8 Å². The molecule has 0 saturated heterocycles. The molecule has 7 nitrogen and oxygen atoms in total. The van der Waals surface area contributed by atoms with E-state index in [2.05, 4.69) is 15.4 Å². The third kappa shape index (κ3) is 3.47. The smallest absolute Gasteiger partial charge is 0.277 e. The lowest BCUT2D eigenvalue weighted by molar-refractivity contribution is 0.0939. The summed E-state index contributed by atoms with van der Waals surface area (Å²) in [6.45, 7) is 4.18. The van der Waals surface area contributed by atoms with Crippen molar-refractivity contribution in [1.82, 2.24) is 14.8 Å². The standard InChI is InChI=1S/C20H17ClFN5O2/c1-11-5-15(3-4-17(11)21)26-10-12(2)27-18(20(26)29)16(9-24-27)19(28)25-14-6-13(22)7-23-8-14/h3-9,12H,10H2,1-2H3,(H,25,28)/t12-/m0/s1. The minimum Gasteiger partial charge on any atom is -0.320 e. The average Bonchev–Trinajstić information content (AvgIpc) is 3.13. The van der Waals surface area contributed by atoms with E-state index in [1.807, 2.05) is 19.9 Å². The predicted molar refractivity (Wildman–Crippen MR) is 107 cm³/mol. The fraction of sp³-hybridized carbons (Fsp3) is 0.200. The first-order chi connectivity index (χ1) is 13.8. The average molecular weight is 414 g/mol.